The van der Waals surface area contributed by atoms with Crippen LogP contribution in [0.2, 0.25) is 0 Å². The Morgan fingerprint density at radius 1 is 0.800 bits per heavy atom. The van der Waals surface area contributed by atoms with E-state index in [1.165, 1.54) is 24.3 Å². The number of aromatic nitrogens is 2. The van der Waals surface area contributed by atoms with E-state index in [2.05, 4.69) is 15.3 Å². The van der Waals surface area contributed by atoms with Crippen LogP contribution in [-0.4, -0.2) is 57.8 Å². The molecular formula is C22H20FN5O2. The normalized spacial score (nSPS) is 13.8. The first-order valence-electron chi connectivity index (χ1n) is 9.58. The van der Waals surface area contributed by atoms with Crippen molar-refractivity contribution in [1.82, 2.24) is 19.8 Å². The smallest absolute Gasteiger partial charge is 0.254 e. The number of carbonyl (C=O) groups is 2. The minimum absolute atomic E-state index is 0.0958. The molecule has 1 aliphatic rings. The summed E-state index contributed by atoms with van der Waals surface area (Å²) in [6.45, 7) is 1.73. The van der Waals surface area contributed by atoms with Gasteiger partial charge in [0.15, 0.2) is 0 Å². The second-order valence-electron chi connectivity index (χ2n) is 6.87. The molecule has 8 heteroatoms. The molecule has 7 nitrogen and oxygen atoms in total. The predicted octanol–water partition coefficient (Wildman–Crippen LogP) is 2.96. The first kappa shape index (κ1) is 19.5. The first-order valence-corrected chi connectivity index (χ1v) is 9.58. The van der Waals surface area contributed by atoms with Gasteiger partial charge < -0.3 is 15.1 Å². The number of halogens is 1. The van der Waals surface area contributed by atoms with Crippen LogP contribution < -0.4 is 5.32 Å². The molecule has 1 saturated heterocycles. The Kier molecular flexibility index (Phi) is 5.65. The average Bonchev–Trinajstić information content (AvgIpc) is 2.80. The number of nitrogens with zero attached hydrogens (tertiary/aromatic N) is 4. The minimum Gasteiger partial charge on any atom is -0.335 e. The Balaban J connectivity index is 1.38. The number of nitrogens with one attached hydrogen (secondary N) is 1. The van der Waals surface area contributed by atoms with Gasteiger partial charge in [-0.1, -0.05) is 6.07 Å². The van der Waals surface area contributed by atoms with E-state index < -0.39 is 0 Å². The molecule has 4 rings (SSSR count). The summed E-state index contributed by atoms with van der Waals surface area (Å²) in [6.07, 6.45) is 3.27. The van der Waals surface area contributed by atoms with Crippen LogP contribution in [0.4, 0.5) is 16.0 Å². The van der Waals surface area contributed by atoms with Crippen molar-refractivity contribution in [2.75, 3.05) is 31.5 Å². The van der Waals surface area contributed by atoms with E-state index in [9.17, 15) is 14.0 Å². The van der Waals surface area contributed by atoms with Crippen LogP contribution in [-0.2, 0) is 0 Å². The second kappa shape index (κ2) is 8.69. The van der Waals surface area contributed by atoms with Crippen LogP contribution in [0.25, 0.3) is 0 Å². The number of benzene rings is 2. The zero-order valence-electron chi connectivity index (χ0n) is 16.2. The molecule has 0 bridgehead atoms. The van der Waals surface area contributed by atoms with E-state index in [0.29, 0.717) is 43.3 Å². The highest BCUT2D eigenvalue weighted by atomic mass is 19.1. The van der Waals surface area contributed by atoms with Crippen LogP contribution in [0, 0.1) is 5.82 Å². The summed E-state index contributed by atoms with van der Waals surface area (Å²) in [5.41, 5.74) is 1.71. The predicted molar refractivity (Wildman–Crippen MR) is 110 cm³/mol. The van der Waals surface area contributed by atoms with E-state index >= 15 is 0 Å². The van der Waals surface area contributed by atoms with Gasteiger partial charge in [0.1, 0.15) is 5.82 Å². The average molecular weight is 405 g/mol. The summed E-state index contributed by atoms with van der Waals surface area (Å²) in [5.74, 6) is -0.176. The Morgan fingerprint density at radius 3 is 2.03 bits per heavy atom. The molecule has 2 aromatic carbocycles. The number of amides is 2. The molecule has 0 aliphatic carbocycles. The van der Waals surface area contributed by atoms with Crippen molar-refractivity contribution in [2.24, 2.45) is 0 Å². The SMILES string of the molecule is O=C(c1ccc(F)cc1)N1CCN(C(=O)c2cccc(Nc3ncccn3)c2)CC1. The van der Waals surface area contributed by atoms with E-state index in [4.69, 9.17) is 0 Å². The molecule has 1 fully saturated rings. The number of carbonyl (C=O) groups excluding carboxylic acids is 2. The number of hydrogen-bond donors (Lipinski definition) is 1. The molecule has 3 aromatic rings. The van der Waals surface area contributed by atoms with Crippen LogP contribution >= 0.6 is 0 Å². The number of anilines is 2. The number of rotatable bonds is 4. The fourth-order valence-electron chi connectivity index (χ4n) is 3.29. The van der Waals surface area contributed by atoms with Crippen molar-refractivity contribution in [3.05, 3.63) is 83.9 Å². The third-order valence-corrected chi connectivity index (χ3v) is 4.88. The molecule has 0 atom stereocenters. The molecule has 30 heavy (non-hydrogen) atoms. The summed E-state index contributed by atoms with van der Waals surface area (Å²) in [6, 6.07) is 14.4. The van der Waals surface area contributed by atoms with Gasteiger partial charge in [-0.05, 0) is 48.5 Å². The van der Waals surface area contributed by atoms with Crippen molar-refractivity contribution in [2.45, 2.75) is 0 Å². The molecule has 2 heterocycles. The lowest BCUT2D eigenvalue weighted by Gasteiger charge is -2.35. The fraction of sp³-hybridized carbons (Fsp3) is 0.182. The van der Waals surface area contributed by atoms with Gasteiger partial charge >= 0.3 is 0 Å². The van der Waals surface area contributed by atoms with Crippen LogP contribution in [0.1, 0.15) is 20.7 Å². The molecule has 0 unspecified atom stereocenters. The Hall–Kier alpha value is -3.81. The molecule has 152 valence electrons. The third kappa shape index (κ3) is 4.43. The van der Waals surface area contributed by atoms with E-state index in [-0.39, 0.29) is 17.6 Å². The number of hydrogen-bond acceptors (Lipinski definition) is 5. The summed E-state index contributed by atoms with van der Waals surface area (Å²) < 4.78 is 13.1. The fourth-order valence-corrected chi connectivity index (χ4v) is 3.29. The maximum atomic E-state index is 13.1. The van der Waals surface area contributed by atoms with Gasteiger partial charge in [-0.3, -0.25) is 9.59 Å². The van der Waals surface area contributed by atoms with Gasteiger partial charge in [0.2, 0.25) is 5.95 Å². The highest BCUT2D eigenvalue weighted by Crippen LogP contribution is 2.17. The molecule has 1 aromatic heterocycles. The van der Waals surface area contributed by atoms with Crippen molar-refractivity contribution < 1.29 is 14.0 Å². The molecule has 1 N–H and O–H groups in total. The summed E-state index contributed by atoms with van der Waals surface area (Å²) >= 11 is 0. The maximum absolute atomic E-state index is 13.1. The highest BCUT2D eigenvalue weighted by molar-refractivity contribution is 5.96. The zero-order valence-corrected chi connectivity index (χ0v) is 16.2. The van der Waals surface area contributed by atoms with Crippen molar-refractivity contribution in [3.8, 4) is 0 Å². The molecule has 0 radical (unpaired) electrons. The molecule has 1 aliphatic heterocycles. The van der Waals surface area contributed by atoms with Crippen LogP contribution in [0.3, 0.4) is 0 Å². The lowest BCUT2D eigenvalue weighted by molar-refractivity contribution is 0.0535. The maximum Gasteiger partial charge on any atom is 0.254 e. The van der Waals surface area contributed by atoms with Crippen molar-refractivity contribution in [3.63, 3.8) is 0 Å². The van der Waals surface area contributed by atoms with Gasteiger partial charge in [-0.25, -0.2) is 14.4 Å². The minimum atomic E-state index is -0.377. The lowest BCUT2D eigenvalue weighted by Crippen LogP contribution is -2.50. The molecule has 2 amide bonds. The topological polar surface area (TPSA) is 78.4 Å². The lowest BCUT2D eigenvalue weighted by atomic mass is 10.1. The van der Waals surface area contributed by atoms with Gasteiger partial charge in [-0.15, -0.1) is 0 Å². The van der Waals surface area contributed by atoms with Crippen molar-refractivity contribution >= 4 is 23.5 Å². The van der Waals surface area contributed by atoms with Gasteiger partial charge in [0, 0.05) is 55.4 Å². The Bertz CT molecular complexity index is 1030. The van der Waals surface area contributed by atoms with E-state index in [1.54, 1.807) is 46.5 Å². The largest absolute Gasteiger partial charge is 0.335 e. The zero-order chi connectivity index (χ0) is 20.9. The van der Waals surface area contributed by atoms with Gasteiger partial charge in [-0.2, -0.15) is 0 Å². The molecule has 0 saturated carbocycles. The monoisotopic (exact) mass is 405 g/mol. The summed E-state index contributed by atoms with van der Waals surface area (Å²) in [7, 11) is 0. The van der Waals surface area contributed by atoms with Crippen molar-refractivity contribution in [1.29, 1.82) is 0 Å². The second-order valence-corrected chi connectivity index (χ2v) is 6.87. The number of piperazine rings is 1. The highest BCUT2D eigenvalue weighted by Gasteiger charge is 2.25. The van der Waals surface area contributed by atoms with Gasteiger partial charge in [0.25, 0.3) is 11.8 Å². The Morgan fingerprint density at radius 2 is 1.40 bits per heavy atom. The molecular weight excluding hydrogens is 385 g/mol. The quantitative estimate of drug-likeness (QED) is 0.722. The van der Waals surface area contributed by atoms with E-state index in [1.807, 2.05) is 6.07 Å². The standard InChI is InChI=1S/C22H20FN5O2/c23-18-7-5-16(6-8-18)20(29)27-11-13-28(14-12-27)21(30)17-3-1-4-19(15-17)26-22-24-9-2-10-25-22/h1-10,15H,11-14H2,(H,24,25,26). The third-order valence-electron chi connectivity index (χ3n) is 4.88. The van der Waals surface area contributed by atoms with Crippen LogP contribution in [0.15, 0.2) is 67.0 Å². The van der Waals surface area contributed by atoms with Gasteiger partial charge in [0.05, 0.1) is 0 Å². The van der Waals surface area contributed by atoms with Crippen LogP contribution in [0.5, 0.6) is 0 Å². The first-order chi connectivity index (χ1) is 14.6. The summed E-state index contributed by atoms with van der Waals surface area (Å²) in [5, 5.41) is 3.07. The van der Waals surface area contributed by atoms with E-state index in [0.717, 1.165) is 5.69 Å². The molecule has 0 spiro atoms. The Labute approximate surface area is 173 Å². The summed E-state index contributed by atoms with van der Waals surface area (Å²) in [4.78, 5) is 37.1.